The van der Waals surface area contributed by atoms with Crippen LogP contribution in [0.1, 0.15) is 25.3 Å². The van der Waals surface area contributed by atoms with Gasteiger partial charge in [-0.25, -0.2) is 0 Å². The molecule has 0 saturated carbocycles. The summed E-state index contributed by atoms with van der Waals surface area (Å²) in [5, 5.41) is 9.19. The summed E-state index contributed by atoms with van der Waals surface area (Å²) in [6.07, 6.45) is 3.40. The molecule has 102 valence electrons. The number of aliphatic hydroxyl groups is 1. The van der Waals surface area contributed by atoms with Crippen molar-refractivity contribution < 1.29 is 14.6 Å². The third-order valence-corrected chi connectivity index (χ3v) is 2.83. The average Bonchev–Trinajstić information content (AvgIpc) is 2.38. The van der Waals surface area contributed by atoms with E-state index in [-0.39, 0.29) is 6.61 Å². The van der Waals surface area contributed by atoms with Crippen molar-refractivity contribution in [2.24, 2.45) is 0 Å². The molecular weight excluding hydrogens is 252 g/mol. The fourth-order valence-corrected chi connectivity index (χ4v) is 1.83. The van der Waals surface area contributed by atoms with E-state index < -0.39 is 0 Å². The lowest BCUT2D eigenvalue weighted by atomic mass is 10.1. The molecule has 0 amide bonds. The SMILES string of the molecule is CCCCc1ccc(OCCOCCO)c(Cl)c1. The van der Waals surface area contributed by atoms with Crippen molar-refractivity contribution in [3.05, 3.63) is 28.8 Å². The molecule has 0 aliphatic rings. The summed E-state index contributed by atoms with van der Waals surface area (Å²) in [7, 11) is 0. The smallest absolute Gasteiger partial charge is 0.138 e. The van der Waals surface area contributed by atoms with Gasteiger partial charge in [0.15, 0.2) is 0 Å². The molecule has 0 saturated heterocycles. The summed E-state index contributed by atoms with van der Waals surface area (Å²) in [5.41, 5.74) is 1.24. The van der Waals surface area contributed by atoms with Crippen LogP contribution in [0, 0.1) is 0 Å². The summed E-state index contributed by atoms with van der Waals surface area (Å²) in [6, 6.07) is 5.91. The highest BCUT2D eigenvalue weighted by atomic mass is 35.5. The van der Waals surface area contributed by atoms with Crippen LogP contribution in [0.15, 0.2) is 18.2 Å². The Morgan fingerprint density at radius 2 is 2.06 bits per heavy atom. The van der Waals surface area contributed by atoms with Crippen LogP contribution in [-0.2, 0) is 11.2 Å². The highest BCUT2D eigenvalue weighted by Crippen LogP contribution is 2.26. The van der Waals surface area contributed by atoms with Crippen LogP contribution in [0.5, 0.6) is 5.75 Å². The molecule has 0 bridgehead atoms. The van der Waals surface area contributed by atoms with E-state index in [9.17, 15) is 0 Å². The summed E-state index contributed by atoms with van der Waals surface area (Å²) < 4.78 is 10.6. The first-order valence-corrected chi connectivity index (χ1v) is 6.75. The molecule has 0 aromatic heterocycles. The first-order chi connectivity index (χ1) is 8.77. The standard InChI is InChI=1S/C14H21ClO3/c1-2-3-4-12-5-6-14(13(15)11-12)18-10-9-17-8-7-16/h5-6,11,16H,2-4,7-10H2,1H3. The van der Waals surface area contributed by atoms with Gasteiger partial charge in [0.2, 0.25) is 0 Å². The molecule has 1 N–H and O–H groups in total. The topological polar surface area (TPSA) is 38.7 Å². The third-order valence-electron chi connectivity index (χ3n) is 2.54. The molecular formula is C14H21ClO3. The molecule has 3 nitrogen and oxygen atoms in total. The second-order valence-electron chi connectivity index (χ2n) is 4.05. The minimum atomic E-state index is 0.0346. The number of aryl methyl sites for hydroxylation is 1. The van der Waals surface area contributed by atoms with Crippen molar-refractivity contribution in [1.82, 2.24) is 0 Å². The Hall–Kier alpha value is -0.770. The molecule has 4 heteroatoms. The van der Waals surface area contributed by atoms with Crippen LogP contribution < -0.4 is 4.74 Å². The molecule has 0 aliphatic heterocycles. The highest BCUT2D eigenvalue weighted by Gasteiger charge is 2.03. The van der Waals surface area contributed by atoms with E-state index in [1.165, 1.54) is 18.4 Å². The number of hydrogen-bond donors (Lipinski definition) is 1. The van der Waals surface area contributed by atoms with E-state index in [2.05, 4.69) is 6.92 Å². The van der Waals surface area contributed by atoms with E-state index in [1.807, 2.05) is 18.2 Å². The Labute approximate surface area is 114 Å². The van der Waals surface area contributed by atoms with Crippen LogP contribution in [0.3, 0.4) is 0 Å². The monoisotopic (exact) mass is 272 g/mol. The summed E-state index contributed by atoms with van der Waals surface area (Å²) in [6.45, 7) is 3.44. The van der Waals surface area contributed by atoms with Gasteiger partial charge in [0.05, 0.1) is 24.8 Å². The molecule has 0 atom stereocenters. The molecule has 1 rings (SSSR count). The Morgan fingerprint density at radius 1 is 1.22 bits per heavy atom. The van der Waals surface area contributed by atoms with Crippen molar-refractivity contribution in [3.63, 3.8) is 0 Å². The fraction of sp³-hybridized carbons (Fsp3) is 0.571. The van der Waals surface area contributed by atoms with E-state index >= 15 is 0 Å². The Bertz CT molecular complexity index is 342. The zero-order valence-electron chi connectivity index (χ0n) is 10.8. The summed E-state index contributed by atoms with van der Waals surface area (Å²) in [4.78, 5) is 0. The maximum Gasteiger partial charge on any atom is 0.138 e. The lowest BCUT2D eigenvalue weighted by Crippen LogP contribution is -2.09. The second kappa shape index (κ2) is 9.20. The molecule has 0 radical (unpaired) electrons. The van der Waals surface area contributed by atoms with Crippen molar-refractivity contribution in [2.45, 2.75) is 26.2 Å². The number of benzene rings is 1. The van der Waals surface area contributed by atoms with Crippen molar-refractivity contribution in [2.75, 3.05) is 26.4 Å². The van der Waals surface area contributed by atoms with E-state index in [1.54, 1.807) is 0 Å². The zero-order chi connectivity index (χ0) is 13.2. The number of ether oxygens (including phenoxy) is 2. The molecule has 0 spiro atoms. The van der Waals surface area contributed by atoms with Crippen molar-refractivity contribution >= 4 is 11.6 Å². The number of unbranched alkanes of at least 4 members (excludes halogenated alkanes) is 1. The van der Waals surface area contributed by atoms with Gasteiger partial charge in [-0.2, -0.15) is 0 Å². The summed E-state index contributed by atoms with van der Waals surface area (Å²) >= 11 is 6.14. The predicted octanol–water partition coefficient (Wildman–Crippen LogP) is 3.07. The summed E-state index contributed by atoms with van der Waals surface area (Å²) in [5.74, 6) is 0.685. The zero-order valence-corrected chi connectivity index (χ0v) is 11.6. The van der Waals surface area contributed by atoms with Gasteiger partial charge in [-0.3, -0.25) is 0 Å². The maximum absolute atomic E-state index is 8.54. The Morgan fingerprint density at radius 3 is 2.72 bits per heavy atom. The van der Waals surface area contributed by atoms with Crippen LogP contribution in [0.4, 0.5) is 0 Å². The number of aliphatic hydroxyl groups excluding tert-OH is 1. The molecule has 1 aromatic rings. The minimum Gasteiger partial charge on any atom is -0.490 e. The van der Waals surface area contributed by atoms with Crippen LogP contribution in [0.2, 0.25) is 5.02 Å². The van der Waals surface area contributed by atoms with Crippen molar-refractivity contribution in [3.8, 4) is 5.75 Å². The molecule has 1 aromatic carbocycles. The average molecular weight is 273 g/mol. The van der Waals surface area contributed by atoms with Crippen LogP contribution >= 0.6 is 11.6 Å². The van der Waals surface area contributed by atoms with Gasteiger partial charge in [0.25, 0.3) is 0 Å². The first-order valence-electron chi connectivity index (χ1n) is 6.37. The van der Waals surface area contributed by atoms with Crippen molar-refractivity contribution in [1.29, 1.82) is 0 Å². The Kier molecular flexibility index (Phi) is 7.81. The largest absolute Gasteiger partial charge is 0.490 e. The lowest BCUT2D eigenvalue weighted by Gasteiger charge is -2.09. The number of halogens is 1. The molecule has 0 unspecified atom stereocenters. The van der Waals surface area contributed by atoms with E-state index in [0.717, 1.165) is 6.42 Å². The second-order valence-corrected chi connectivity index (χ2v) is 4.46. The van der Waals surface area contributed by atoms with E-state index in [4.69, 9.17) is 26.2 Å². The Balaban J connectivity index is 2.37. The van der Waals surface area contributed by atoms with Gasteiger partial charge in [-0.1, -0.05) is 31.0 Å². The van der Waals surface area contributed by atoms with Gasteiger partial charge in [-0.15, -0.1) is 0 Å². The fourth-order valence-electron chi connectivity index (χ4n) is 1.57. The number of hydrogen-bond acceptors (Lipinski definition) is 3. The lowest BCUT2D eigenvalue weighted by molar-refractivity contribution is 0.0705. The normalized spacial score (nSPS) is 10.6. The molecule has 18 heavy (non-hydrogen) atoms. The molecule has 0 heterocycles. The first kappa shape index (κ1) is 15.3. The van der Waals surface area contributed by atoms with Gasteiger partial charge in [0.1, 0.15) is 12.4 Å². The van der Waals surface area contributed by atoms with Gasteiger partial charge in [-0.05, 0) is 30.5 Å². The van der Waals surface area contributed by atoms with Gasteiger partial charge >= 0.3 is 0 Å². The molecule has 0 fully saturated rings. The predicted molar refractivity (Wildman–Crippen MR) is 73.5 cm³/mol. The van der Waals surface area contributed by atoms with Crippen LogP contribution in [0.25, 0.3) is 0 Å². The molecule has 0 aliphatic carbocycles. The van der Waals surface area contributed by atoms with Gasteiger partial charge < -0.3 is 14.6 Å². The highest BCUT2D eigenvalue weighted by molar-refractivity contribution is 6.32. The number of rotatable bonds is 9. The third kappa shape index (κ3) is 5.71. The van der Waals surface area contributed by atoms with E-state index in [0.29, 0.717) is 30.6 Å². The van der Waals surface area contributed by atoms with Gasteiger partial charge in [0, 0.05) is 0 Å². The quantitative estimate of drug-likeness (QED) is 0.702. The maximum atomic E-state index is 8.54. The van der Waals surface area contributed by atoms with Crippen LogP contribution in [-0.4, -0.2) is 31.5 Å². The minimum absolute atomic E-state index is 0.0346.